The van der Waals surface area contributed by atoms with Crippen LogP contribution in [-0.2, 0) is 0 Å². The second kappa shape index (κ2) is 8.95. The van der Waals surface area contributed by atoms with Crippen molar-refractivity contribution in [2.75, 3.05) is 20.2 Å². The number of amides is 1. The fourth-order valence-corrected chi connectivity index (χ4v) is 3.50. The summed E-state index contributed by atoms with van der Waals surface area (Å²) < 4.78 is 11.0. The number of piperidine rings is 1. The molecule has 0 unspecified atom stereocenters. The number of nitrogens with zero attached hydrogens (tertiary/aromatic N) is 3. The van der Waals surface area contributed by atoms with Gasteiger partial charge in [-0.15, -0.1) is 0 Å². The van der Waals surface area contributed by atoms with Crippen molar-refractivity contribution >= 4 is 5.91 Å². The monoisotopic (exact) mass is 403 g/mol. The summed E-state index contributed by atoms with van der Waals surface area (Å²) in [6, 6.07) is 16.6. The smallest absolute Gasteiger partial charge is 0.253 e. The fourth-order valence-electron chi connectivity index (χ4n) is 3.50. The average Bonchev–Trinajstić information content (AvgIpc) is 2.80. The quantitative estimate of drug-likeness (QED) is 0.611. The van der Waals surface area contributed by atoms with Gasteiger partial charge in [0, 0.05) is 30.3 Å². The van der Waals surface area contributed by atoms with Crippen molar-refractivity contribution < 1.29 is 14.3 Å². The van der Waals surface area contributed by atoms with Crippen LogP contribution in [-0.4, -0.2) is 41.0 Å². The van der Waals surface area contributed by atoms with Gasteiger partial charge in [0.15, 0.2) is 0 Å². The SMILES string of the molecule is COc1ccc(Oc2cc(-c3ccc(C(=O)N4CCC(C)CC4)cc3)ncn2)cc1. The highest BCUT2D eigenvalue weighted by atomic mass is 16.5. The Labute approximate surface area is 176 Å². The van der Waals surface area contributed by atoms with E-state index in [1.807, 2.05) is 53.4 Å². The lowest BCUT2D eigenvalue weighted by Crippen LogP contribution is -2.37. The standard InChI is InChI=1S/C24H25N3O3/c1-17-11-13-27(14-12-17)24(28)19-5-3-18(4-6-19)22-15-23(26-16-25-22)30-21-9-7-20(29-2)8-10-21/h3-10,15-17H,11-14H2,1-2H3. The minimum atomic E-state index is 0.0969. The highest BCUT2D eigenvalue weighted by Gasteiger charge is 2.21. The predicted octanol–water partition coefficient (Wildman–Crippen LogP) is 4.82. The molecule has 154 valence electrons. The van der Waals surface area contributed by atoms with Crippen LogP contribution in [0.5, 0.6) is 17.4 Å². The number of rotatable bonds is 5. The van der Waals surface area contributed by atoms with Crippen LogP contribution in [0, 0.1) is 5.92 Å². The minimum Gasteiger partial charge on any atom is -0.497 e. The third-order valence-electron chi connectivity index (χ3n) is 5.42. The van der Waals surface area contributed by atoms with Gasteiger partial charge in [-0.2, -0.15) is 0 Å². The maximum atomic E-state index is 12.7. The third kappa shape index (κ3) is 4.59. The second-order valence-corrected chi connectivity index (χ2v) is 7.57. The molecule has 0 spiro atoms. The van der Waals surface area contributed by atoms with E-state index in [0.29, 0.717) is 23.1 Å². The lowest BCUT2D eigenvalue weighted by atomic mass is 9.98. The molecule has 0 aliphatic carbocycles. The first-order valence-corrected chi connectivity index (χ1v) is 10.2. The molecule has 2 heterocycles. The molecule has 1 aromatic heterocycles. The largest absolute Gasteiger partial charge is 0.497 e. The number of likely N-dealkylation sites (tertiary alicyclic amines) is 1. The van der Waals surface area contributed by atoms with Crippen LogP contribution in [0.3, 0.4) is 0 Å². The Morgan fingerprint density at radius 3 is 2.30 bits per heavy atom. The normalized spacial score (nSPS) is 14.4. The summed E-state index contributed by atoms with van der Waals surface area (Å²) in [4.78, 5) is 23.2. The molecule has 1 aliphatic heterocycles. The van der Waals surface area contributed by atoms with Crippen molar-refractivity contribution in [1.29, 1.82) is 0 Å². The molecule has 3 aromatic rings. The van der Waals surface area contributed by atoms with Gasteiger partial charge in [0.25, 0.3) is 5.91 Å². The molecule has 2 aromatic carbocycles. The maximum absolute atomic E-state index is 12.7. The summed E-state index contributed by atoms with van der Waals surface area (Å²) in [5.74, 6) is 2.67. The number of aromatic nitrogens is 2. The van der Waals surface area contributed by atoms with Gasteiger partial charge in [0.2, 0.25) is 5.88 Å². The number of ether oxygens (including phenoxy) is 2. The van der Waals surface area contributed by atoms with Crippen molar-refractivity contribution in [2.24, 2.45) is 5.92 Å². The highest BCUT2D eigenvalue weighted by Crippen LogP contribution is 2.26. The zero-order chi connectivity index (χ0) is 20.9. The number of hydrogen-bond donors (Lipinski definition) is 0. The molecule has 6 nitrogen and oxygen atoms in total. The molecule has 30 heavy (non-hydrogen) atoms. The van der Waals surface area contributed by atoms with Crippen LogP contribution in [0.2, 0.25) is 0 Å². The van der Waals surface area contributed by atoms with E-state index >= 15 is 0 Å². The zero-order valence-electron chi connectivity index (χ0n) is 17.2. The van der Waals surface area contributed by atoms with Gasteiger partial charge in [-0.1, -0.05) is 19.1 Å². The van der Waals surface area contributed by atoms with Crippen molar-refractivity contribution in [1.82, 2.24) is 14.9 Å². The van der Waals surface area contributed by atoms with E-state index in [1.165, 1.54) is 6.33 Å². The van der Waals surface area contributed by atoms with E-state index in [4.69, 9.17) is 9.47 Å². The van der Waals surface area contributed by atoms with Crippen molar-refractivity contribution in [2.45, 2.75) is 19.8 Å². The van der Waals surface area contributed by atoms with E-state index in [0.717, 1.165) is 42.9 Å². The number of methoxy groups -OCH3 is 1. The average molecular weight is 403 g/mol. The summed E-state index contributed by atoms with van der Waals surface area (Å²) in [6.45, 7) is 3.91. The van der Waals surface area contributed by atoms with Crippen LogP contribution < -0.4 is 9.47 Å². The Kier molecular flexibility index (Phi) is 5.93. The first kappa shape index (κ1) is 19.9. The van der Waals surface area contributed by atoms with Gasteiger partial charge in [0.1, 0.15) is 17.8 Å². The van der Waals surface area contributed by atoms with Gasteiger partial charge in [-0.05, 0) is 55.2 Å². The number of carbonyl (C=O) groups is 1. The molecule has 1 amide bonds. The third-order valence-corrected chi connectivity index (χ3v) is 5.42. The molecular weight excluding hydrogens is 378 g/mol. The van der Waals surface area contributed by atoms with Gasteiger partial charge in [0.05, 0.1) is 12.8 Å². The van der Waals surface area contributed by atoms with Gasteiger partial charge >= 0.3 is 0 Å². The van der Waals surface area contributed by atoms with Gasteiger partial charge in [-0.25, -0.2) is 9.97 Å². The Hall–Kier alpha value is -3.41. The maximum Gasteiger partial charge on any atom is 0.253 e. The number of carbonyl (C=O) groups excluding carboxylic acids is 1. The highest BCUT2D eigenvalue weighted by molar-refractivity contribution is 5.94. The summed E-state index contributed by atoms with van der Waals surface area (Å²) in [5, 5.41) is 0. The molecule has 0 atom stereocenters. The Morgan fingerprint density at radius 1 is 0.967 bits per heavy atom. The molecule has 0 saturated carbocycles. The van der Waals surface area contributed by atoms with E-state index < -0.39 is 0 Å². The first-order chi connectivity index (χ1) is 14.6. The molecule has 0 bridgehead atoms. The van der Waals surface area contributed by atoms with E-state index in [9.17, 15) is 4.79 Å². The molecule has 1 fully saturated rings. The van der Waals surface area contributed by atoms with Crippen molar-refractivity contribution in [3.63, 3.8) is 0 Å². The summed E-state index contributed by atoms with van der Waals surface area (Å²) in [5.41, 5.74) is 2.34. The summed E-state index contributed by atoms with van der Waals surface area (Å²) in [6.07, 6.45) is 3.62. The summed E-state index contributed by atoms with van der Waals surface area (Å²) in [7, 11) is 1.62. The topological polar surface area (TPSA) is 64.6 Å². The lowest BCUT2D eigenvalue weighted by Gasteiger charge is -2.30. The summed E-state index contributed by atoms with van der Waals surface area (Å²) >= 11 is 0. The first-order valence-electron chi connectivity index (χ1n) is 10.2. The van der Waals surface area contributed by atoms with Crippen molar-refractivity contribution in [3.05, 3.63) is 66.5 Å². The molecular formula is C24H25N3O3. The Balaban J connectivity index is 1.46. The minimum absolute atomic E-state index is 0.0969. The Bertz CT molecular complexity index is 995. The van der Waals surface area contributed by atoms with Gasteiger partial charge in [-0.3, -0.25) is 4.79 Å². The van der Waals surface area contributed by atoms with Crippen LogP contribution in [0.4, 0.5) is 0 Å². The van der Waals surface area contributed by atoms with E-state index in [-0.39, 0.29) is 5.91 Å². The van der Waals surface area contributed by atoms with Crippen LogP contribution >= 0.6 is 0 Å². The molecule has 1 saturated heterocycles. The second-order valence-electron chi connectivity index (χ2n) is 7.57. The predicted molar refractivity (Wildman–Crippen MR) is 115 cm³/mol. The lowest BCUT2D eigenvalue weighted by molar-refractivity contribution is 0.0697. The molecule has 0 N–H and O–H groups in total. The van der Waals surface area contributed by atoms with E-state index in [1.54, 1.807) is 13.2 Å². The van der Waals surface area contributed by atoms with Crippen molar-refractivity contribution in [3.8, 4) is 28.6 Å². The molecule has 0 radical (unpaired) electrons. The van der Waals surface area contributed by atoms with E-state index in [2.05, 4.69) is 16.9 Å². The Morgan fingerprint density at radius 2 is 1.63 bits per heavy atom. The fraction of sp³-hybridized carbons (Fsp3) is 0.292. The zero-order valence-corrected chi connectivity index (χ0v) is 17.2. The van der Waals surface area contributed by atoms with Gasteiger partial charge < -0.3 is 14.4 Å². The molecule has 4 rings (SSSR count). The van der Waals surface area contributed by atoms with Crippen LogP contribution in [0.1, 0.15) is 30.1 Å². The van der Waals surface area contributed by atoms with Crippen LogP contribution in [0.15, 0.2) is 60.9 Å². The number of hydrogen-bond acceptors (Lipinski definition) is 5. The molecule has 1 aliphatic rings. The van der Waals surface area contributed by atoms with Crippen LogP contribution in [0.25, 0.3) is 11.3 Å². The molecule has 6 heteroatoms. The number of benzene rings is 2.